The summed E-state index contributed by atoms with van der Waals surface area (Å²) in [5.74, 6) is -1.05. The highest BCUT2D eigenvalue weighted by atomic mass is 16.4. The number of nitrogens with one attached hydrogen (secondary N) is 2. The third-order valence-electron chi connectivity index (χ3n) is 2.81. The van der Waals surface area contributed by atoms with Crippen molar-refractivity contribution in [3.63, 3.8) is 0 Å². The van der Waals surface area contributed by atoms with Gasteiger partial charge in [-0.25, -0.2) is 14.6 Å². The zero-order valence-electron chi connectivity index (χ0n) is 12.3. The molecule has 112 valence electrons. The van der Waals surface area contributed by atoms with Crippen LogP contribution in [0, 0.1) is 5.41 Å². The molecule has 0 aliphatic carbocycles. The predicted molar refractivity (Wildman–Crippen MR) is 74.2 cm³/mol. The number of carbonyl (C=O) groups excluding carboxylic acids is 1. The van der Waals surface area contributed by atoms with Gasteiger partial charge < -0.3 is 20.3 Å². The van der Waals surface area contributed by atoms with Crippen molar-refractivity contribution in [3.05, 3.63) is 18.7 Å². The summed E-state index contributed by atoms with van der Waals surface area (Å²) < 4.78 is 1.84. The average molecular weight is 282 g/mol. The van der Waals surface area contributed by atoms with Crippen LogP contribution in [-0.4, -0.2) is 38.7 Å². The third-order valence-corrected chi connectivity index (χ3v) is 2.81. The minimum atomic E-state index is -1.05. The first-order chi connectivity index (χ1) is 9.20. The van der Waals surface area contributed by atoms with Crippen LogP contribution < -0.4 is 10.6 Å². The molecule has 0 aliphatic rings. The van der Waals surface area contributed by atoms with Gasteiger partial charge in [-0.05, 0) is 12.3 Å². The smallest absolute Gasteiger partial charge is 0.326 e. The van der Waals surface area contributed by atoms with Gasteiger partial charge in [-0.2, -0.15) is 0 Å². The zero-order chi connectivity index (χ0) is 15.3. The van der Waals surface area contributed by atoms with Crippen LogP contribution in [0.2, 0.25) is 0 Å². The van der Waals surface area contributed by atoms with Crippen LogP contribution in [0.5, 0.6) is 0 Å². The molecule has 7 nitrogen and oxygen atoms in total. The van der Waals surface area contributed by atoms with Gasteiger partial charge >= 0.3 is 12.0 Å². The average Bonchev–Trinajstić information content (AvgIpc) is 2.76. The number of aliphatic carboxylic acids is 1. The van der Waals surface area contributed by atoms with Gasteiger partial charge in [0.1, 0.15) is 6.04 Å². The van der Waals surface area contributed by atoms with Crippen molar-refractivity contribution in [1.82, 2.24) is 20.2 Å². The van der Waals surface area contributed by atoms with Crippen molar-refractivity contribution in [1.29, 1.82) is 0 Å². The second-order valence-corrected chi connectivity index (χ2v) is 5.92. The number of carboxylic acids is 1. The third kappa shape index (κ3) is 4.91. The molecule has 0 radical (unpaired) electrons. The number of rotatable bonds is 5. The lowest BCUT2D eigenvalue weighted by Gasteiger charge is -2.28. The molecule has 1 unspecified atom stereocenters. The van der Waals surface area contributed by atoms with Gasteiger partial charge in [0, 0.05) is 25.0 Å². The van der Waals surface area contributed by atoms with Crippen molar-refractivity contribution < 1.29 is 14.7 Å². The minimum absolute atomic E-state index is 0.140. The number of nitrogens with zero attached hydrogens (tertiary/aromatic N) is 2. The van der Waals surface area contributed by atoms with Crippen molar-refractivity contribution in [2.24, 2.45) is 5.41 Å². The number of hydrogen-bond donors (Lipinski definition) is 3. The van der Waals surface area contributed by atoms with E-state index in [1.165, 1.54) is 0 Å². The van der Waals surface area contributed by atoms with Crippen molar-refractivity contribution in [3.8, 4) is 0 Å². The van der Waals surface area contributed by atoms with E-state index in [9.17, 15) is 9.59 Å². The van der Waals surface area contributed by atoms with E-state index < -0.39 is 23.5 Å². The molecule has 0 saturated carbocycles. The van der Waals surface area contributed by atoms with Crippen LogP contribution in [0.3, 0.4) is 0 Å². The molecule has 3 N–H and O–H groups in total. The van der Waals surface area contributed by atoms with Gasteiger partial charge in [-0.3, -0.25) is 0 Å². The van der Waals surface area contributed by atoms with Crippen LogP contribution in [-0.2, 0) is 11.3 Å². The first-order valence-corrected chi connectivity index (χ1v) is 6.45. The number of aromatic nitrogens is 2. The zero-order valence-corrected chi connectivity index (χ0v) is 12.3. The molecule has 1 rings (SSSR count). The Morgan fingerprint density at radius 1 is 1.35 bits per heavy atom. The van der Waals surface area contributed by atoms with Gasteiger partial charge in [0.25, 0.3) is 0 Å². The van der Waals surface area contributed by atoms with Crippen LogP contribution in [0.15, 0.2) is 18.7 Å². The molecule has 0 fully saturated rings. The van der Waals surface area contributed by atoms with Crippen molar-refractivity contribution in [2.45, 2.75) is 46.3 Å². The summed E-state index contributed by atoms with van der Waals surface area (Å²) in [6.07, 6.45) is 5.11. The molecule has 0 aromatic carbocycles. The van der Waals surface area contributed by atoms with Crippen molar-refractivity contribution in [2.75, 3.05) is 0 Å². The minimum Gasteiger partial charge on any atom is -0.480 e. The Morgan fingerprint density at radius 3 is 2.45 bits per heavy atom. The summed E-state index contributed by atoms with van der Waals surface area (Å²) in [6, 6.07) is -1.57. The quantitative estimate of drug-likeness (QED) is 0.752. The van der Waals surface area contributed by atoms with E-state index in [0.29, 0.717) is 6.54 Å². The fraction of sp³-hybridized carbons (Fsp3) is 0.615. The Bertz CT molecular complexity index is 451. The van der Waals surface area contributed by atoms with Gasteiger partial charge in [-0.15, -0.1) is 0 Å². The highest BCUT2D eigenvalue weighted by molar-refractivity contribution is 5.83. The topological polar surface area (TPSA) is 96.3 Å². The van der Waals surface area contributed by atoms with Gasteiger partial charge in [0.15, 0.2) is 0 Å². The lowest BCUT2D eigenvalue weighted by molar-refractivity contribution is -0.141. The molecule has 20 heavy (non-hydrogen) atoms. The standard InChI is InChI=1S/C13H22N4O3/c1-9(7-17-6-5-14-8-17)15-12(20)16-10(11(18)19)13(2,3)4/h5-6,8-10H,7H2,1-4H3,(H,18,19)(H2,15,16,20)/t9?,10-/m1/s1. The van der Waals surface area contributed by atoms with E-state index in [2.05, 4.69) is 15.6 Å². The molecule has 1 heterocycles. The predicted octanol–water partition coefficient (Wildman–Crippen LogP) is 1.07. The first-order valence-electron chi connectivity index (χ1n) is 6.45. The number of carboxylic acid groups (broad SMARTS) is 1. The number of imidazole rings is 1. The van der Waals surface area contributed by atoms with E-state index in [1.807, 2.05) is 11.5 Å². The van der Waals surface area contributed by atoms with Crippen LogP contribution in [0.4, 0.5) is 4.79 Å². The fourth-order valence-electron chi connectivity index (χ4n) is 1.80. The van der Waals surface area contributed by atoms with Gasteiger partial charge in [0.05, 0.1) is 6.33 Å². The second-order valence-electron chi connectivity index (χ2n) is 5.92. The van der Waals surface area contributed by atoms with E-state index in [-0.39, 0.29) is 6.04 Å². The largest absolute Gasteiger partial charge is 0.480 e. The van der Waals surface area contributed by atoms with Crippen LogP contribution in [0.25, 0.3) is 0 Å². The van der Waals surface area contributed by atoms with Gasteiger partial charge in [-0.1, -0.05) is 20.8 Å². The molecule has 2 atom stereocenters. The highest BCUT2D eigenvalue weighted by Gasteiger charge is 2.32. The molecule has 0 spiro atoms. The Morgan fingerprint density at radius 2 is 2.00 bits per heavy atom. The maximum atomic E-state index is 11.8. The summed E-state index contributed by atoms with van der Waals surface area (Å²) in [4.78, 5) is 26.9. The monoisotopic (exact) mass is 282 g/mol. The van der Waals surface area contributed by atoms with Crippen LogP contribution in [0.1, 0.15) is 27.7 Å². The summed E-state index contributed by atoms with van der Waals surface area (Å²) in [7, 11) is 0. The number of amides is 2. The summed E-state index contributed by atoms with van der Waals surface area (Å²) in [5.41, 5.74) is -0.559. The molecular formula is C13H22N4O3. The molecule has 0 saturated heterocycles. The Kier molecular flexibility index (Phi) is 5.12. The van der Waals surface area contributed by atoms with E-state index in [4.69, 9.17) is 5.11 Å². The first kappa shape index (κ1) is 16.0. The molecular weight excluding hydrogens is 260 g/mol. The Balaban J connectivity index is 2.51. The van der Waals surface area contributed by atoms with Crippen molar-refractivity contribution >= 4 is 12.0 Å². The molecule has 0 bridgehead atoms. The molecule has 1 aromatic heterocycles. The van der Waals surface area contributed by atoms with E-state index >= 15 is 0 Å². The Labute approximate surface area is 118 Å². The second kappa shape index (κ2) is 6.40. The van der Waals surface area contributed by atoms with E-state index in [0.717, 1.165) is 0 Å². The normalized spacial score (nSPS) is 14.4. The highest BCUT2D eigenvalue weighted by Crippen LogP contribution is 2.19. The number of urea groups is 1. The summed E-state index contributed by atoms with van der Waals surface area (Å²) in [6.45, 7) is 7.70. The molecule has 1 aromatic rings. The lowest BCUT2D eigenvalue weighted by Crippen LogP contribution is -2.54. The van der Waals surface area contributed by atoms with E-state index in [1.54, 1.807) is 39.5 Å². The summed E-state index contributed by atoms with van der Waals surface area (Å²) >= 11 is 0. The number of carbonyl (C=O) groups is 2. The fourth-order valence-corrected chi connectivity index (χ4v) is 1.80. The van der Waals surface area contributed by atoms with Crippen LogP contribution >= 0.6 is 0 Å². The molecule has 7 heteroatoms. The molecule has 0 aliphatic heterocycles. The SMILES string of the molecule is CC(Cn1ccnc1)NC(=O)N[C@H](C(=O)O)C(C)(C)C. The number of hydrogen-bond acceptors (Lipinski definition) is 3. The Hall–Kier alpha value is -2.05. The van der Waals surface area contributed by atoms with Gasteiger partial charge in [0.2, 0.25) is 0 Å². The lowest BCUT2D eigenvalue weighted by atomic mass is 9.87. The maximum absolute atomic E-state index is 11.8. The summed E-state index contributed by atoms with van der Waals surface area (Å²) in [5, 5.41) is 14.4. The maximum Gasteiger partial charge on any atom is 0.326 e. The molecule has 2 amide bonds.